The fourth-order valence-electron chi connectivity index (χ4n) is 2.55. The summed E-state index contributed by atoms with van der Waals surface area (Å²) in [6, 6.07) is 8.45. The Morgan fingerprint density at radius 2 is 2.15 bits per heavy atom. The van der Waals surface area contributed by atoms with Crippen molar-refractivity contribution in [1.82, 2.24) is 14.8 Å². The number of benzene rings is 1. The number of hydrogen-bond donors (Lipinski definition) is 1. The van der Waals surface area contributed by atoms with E-state index in [4.69, 9.17) is 16.3 Å². The minimum Gasteiger partial charge on any atom is -0.377 e. The SMILES string of the molecule is COCc1nc2n(n1)[C@@H](c1ccc(Cl)cc1)C[C@@H](C)N2. The first-order chi connectivity index (χ1) is 9.67. The van der Waals surface area contributed by atoms with Crippen molar-refractivity contribution in [2.24, 2.45) is 0 Å². The van der Waals surface area contributed by atoms with Crippen molar-refractivity contribution >= 4 is 17.5 Å². The number of hydrogen-bond acceptors (Lipinski definition) is 4. The van der Waals surface area contributed by atoms with Gasteiger partial charge in [0.1, 0.15) is 6.61 Å². The number of methoxy groups -OCH3 is 1. The highest BCUT2D eigenvalue weighted by molar-refractivity contribution is 6.30. The highest BCUT2D eigenvalue weighted by atomic mass is 35.5. The first-order valence-electron chi connectivity index (χ1n) is 6.63. The molecule has 0 amide bonds. The molecule has 0 saturated heterocycles. The molecule has 1 N–H and O–H groups in total. The molecule has 0 bridgehead atoms. The second kappa shape index (κ2) is 5.42. The van der Waals surface area contributed by atoms with E-state index < -0.39 is 0 Å². The summed E-state index contributed by atoms with van der Waals surface area (Å²) in [6.07, 6.45) is 0.963. The molecule has 0 unspecified atom stereocenters. The smallest absolute Gasteiger partial charge is 0.222 e. The molecule has 0 fully saturated rings. The van der Waals surface area contributed by atoms with Crippen LogP contribution in [-0.2, 0) is 11.3 Å². The zero-order valence-corrected chi connectivity index (χ0v) is 12.3. The van der Waals surface area contributed by atoms with Gasteiger partial charge in [-0.25, -0.2) is 4.68 Å². The lowest BCUT2D eigenvalue weighted by Crippen LogP contribution is -2.31. The quantitative estimate of drug-likeness (QED) is 0.945. The van der Waals surface area contributed by atoms with Crippen LogP contribution >= 0.6 is 11.6 Å². The molecule has 3 rings (SSSR count). The molecule has 0 saturated carbocycles. The van der Waals surface area contributed by atoms with Crippen LogP contribution in [0.3, 0.4) is 0 Å². The van der Waals surface area contributed by atoms with Gasteiger partial charge >= 0.3 is 0 Å². The molecular formula is C14H17ClN4O. The zero-order chi connectivity index (χ0) is 14.1. The highest BCUT2D eigenvalue weighted by Crippen LogP contribution is 2.31. The minimum absolute atomic E-state index is 0.177. The molecule has 1 aromatic heterocycles. The van der Waals surface area contributed by atoms with Crippen molar-refractivity contribution in [3.05, 3.63) is 40.7 Å². The van der Waals surface area contributed by atoms with Crippen molar-refractivity contribution in [2.75, 3.05) is 12.4 Å². The lowest BCUT2D eigenvalue weighted by Gasteiger charge is -2.29. The first-order valence-corrected chi connectivity index (χ1v) is 7.01. The summed E-state index contributed by atoms with van der Waals surface area (Å²) in [5, 5.41) is 8.64. The molecular weight excluding hydrogens is 276 g/mol. The summed E-state index contributed by atoms with van der Waals surface area (Å²) < 4.78 is 7.05. The number of ether oxygens (including phenoxy) is 1. The van der Waals surface area contributed by atoms with Crippen LogP contribution in [-0.4, -0.2) is 27.9 Å². The van der Waals surface area contributed by atoms with Crippen LogP contribution in [0.25, 0.3) is 0 Å². The predicted molar refractivity (Wildman–Crippen MR) is 78.0 cm³/mol. The van der Waals surface area contributed by atoms with E-state index in [1.165, 1.54) is 5.56 Å². The molecule has 2 heterocycles. The van der Waals surface area contributed by atoms with E-state index in [2.05, 4.69) is 22.3 Å². The minimum atomic E-state index is 0.177. The van der Waals surface area contributed by atoms with E-state index in [1.54, 1.807) is 7.11 Å². The maximum Gasteiger partial charge on any atom is 0.222 e. The molecule has 2 atom stereocenters. The first kappa shape index (κ1) is 13.4. The Balaban J connectivity index is 1.98. The third-order valence-corrected chi connectivity index (χ3v) is 3.70. The summed E-state index contributed by atoms with van der Waals surface area (Å²) >= 11 is 5.96. The largest absolute Gasteiger partial charge is 0.377 e. The lowest BCUT2D eigenvalue weighted by molar-refractivity contribution is 0.177. The summed E-state index contributed by atoms with van der Waals surface area (Å²) in [5.41, 5.74) is 1.19. The van der Waals surface area contributed by atoms with Gasteiger partial charge in [-0.1, -0.05) is 23.7 Å². The van der Waals surface area contributed by atoms with Gasteiger partial charge in [0.05, 0.1) is 6.04 Å². The van der Waals surface area contributed by atoms with Gasteiger partial charge in [0.2, 0.25) is 5.95 Å². The standard InChI is InChI=1S/C14H17ClN4O/c1-9-7-12(10-3-5-11(15)6-4-10)19-14(16-9)17-13(18-19)8-20-2/h3-6,9,12H,7-8H2,1-2H3,(H,16,17,18)/t9-,12-/m1/s1. The average molecular weight is 293 g/mol. The van der Waals surface area contributed by atoms with Gasteiger partial charge in [-0.2, -0.15) is 10.1 Å². The van der Waals surface area contributed by atoms with Gasteiger partial charge < -0.3 is 10.1 Å². The van der Waals surface area contributed by atoms with Gasteiger partial charge in [0, 0.05) is 18.2 Å². The maximum absolute atomic E-state index is 5.96. The van der Waals surface area contributed by atoms with E-state index >= 15 is 0 Å². The normalized spacial score (nSPS) is 21.4. The second-order valence-electron chi connectivity index (χ2n) is 5.08. The van der Waals surface area contributed by atoms with Crippen molar-refractivity contribution in [3.63, 3.8) is 0 Å². The van der Waals surface area contributed by atoms with Gasteiger partial charge in [-0.05, 0) is 31.0 Å². The fraction of sp³-hybridized carbons (Fsp3) is 0.429. The Morgan fingerprint density at radius 3 is 2.85 bits per heavy atom. The number of nitrogens with zero attached hydrogens (tertiary/aromatic N) is 3. The number of aromatic nitrogens is 3. The molecule has 0 aliphatic carbocycles. The van der Waals surface area contributed by atoms with Crippen molar-refractivity contribution in [1.29, 1.82) is 0 Å². The van der Waals surface area contributed by atoms with E-state index in [1.807, 2.05) is 28.9 Å². The molecule has 1 aliphatic heterocycles. The number of nitrogens with one attached hydrogen (secondary N) is 1. The van der Waals surface area contributed by atoms with E-state index in [9.17, 15) is 0 Å². The zero-order valence-electron chi connectivity index (χ0n) is 11.5. The molecule has 5 nitrogen and oxygen atoms in total. The number of rotatable bonds is 3. The highest BCUT2D eigenvalue weighted by Gasteiger charge is 2.28. The van der Waals surface area contributed by atoms with Crippen LogP contribution in [0.2, 0.25) is 5.02 Å². The van der Waals surface area contributed by atoms with E-state index in [-0.39, 0.29) is 6.04 Å². The molecule has 6 heteroatoms. The summed E-state index contributed by atoms with van der Waals surface area (Å²) in [7, 11) is 1.65. The Morgan fingerprint density at radius 1 is 1.40 bits per heavy atom. The third-order valence-electron chi connectivity index (χ3n) is 3.45. The Kier molecular flexibility index (Phi) is 3.63. The van der Waals surface area contributed by atoms with Crippen LogP contribution in [0.1, 0.15) is 30.8 Å². The van der Waals surface area contributed by atoms with Crippen molar-refractivity contribution in [3.8, 4) is 0 Å². The second-order valence-corrected chi connectivity index (χ2v) is 5.51. The Bertz CT molecular complexity index is 596. The van der Waals surface area contributed by atoms with E-state index in [0.29, 0.717) is 18.5 Å². The Labute approximate surface area is 122 Å². The van der Waals surface area contributed by atoms with Gasteiger partial charge in [-0.3, -0.25) is 0 Å². The Hall–Kier alpha value is -1.59. The fourth-order valence-corrected chi connectivity index (χ4v) is 2.68. The van der Waals surface area contributed by atoms with Crippen molar-refractivity contribution in [2.45, 2.75) is 32.0 Å². The third kappa shape index (κ3) is 2.51. The van der Waals surface area contributed by atoms with Gasteiger partial charge in [0.25, 0.3) is 0 Å². The summed E-state index contributed by atoms with van der Waals surface area (Å²) in [5.74, 6) is 1.50. The average Bonchev–Trinajstić information content (AvgIpc) is 2.81. The number of halogens is 1. The molecule has 1 aliphatic rings. The molecule has 0 spiro atoms. The number of fused-ring (bicyclic) bond motifs is 1. The molecule has 2 aromatic rings. The molecule has 106 valence electrons. The summed E-state index contributed by atoms with van der Waals surface area (Å²) in [6.45, 7) is 2.57. The van der Waals surface area contributed by atoms with Crippen LogP contribution in [0.15, 0.2) is 24.3 Å². The van der Waals surface area contributed by atoms with Crippen molar-refractivity contribution < 1.29 is 4.74 Å². The molecule has 1 aromatic carbocycles. The lowest BCUT2D eigenvalue weighted by atomic mass is 9.99. The van der Waals surface area contributed by atoms with Gasteiger partial charge in [0.15, 0.2) is 5.82 Å². The van der Waals surface area contributed by atoms with Crippen LogP contribution in [0.4, 0.5) is 5.95 Å². The van der Waals surface area contributed by atoms with Gasteiger partial charge in [-0.15, -0.1) is 0 Å². The molecule has 20 heavy (non-hydrogen) atoms. The van der Waals surface area contributed by atoms with E-state index in [0.717, 1.165) is 17.4 Å². The maximum atomic E-state index is 5.96. The number of anilines is 1. The van der Waals surface area contributed by atoms with Crippen LogP contribution in [0, 0.1) is 0 Å². The van der Waals surface area contributed by atoms with Crippen LogP contribution in [0.5, 0.6) is 0 Å². The van der Waals surface area contributed by atoms with Crippen LogP contribution < -0.4 is 5.32 Å². The summed E-state index contributed by atoms with van der Waals surface area (Å²) in [4.78, 5) is 4.47. The topological polar surface area (TPSA) is 52.0 Å². The molecule has 0 radical (unpaired) electrons. The monoisotopic (exact) mass is 292 g/mol. The predicted octanol–water partition coefficient (Wildman–Crippen LogP) is 2.87.